The van der Waals surface area contributed by atoms with Gasteiger partial charge in [-0.15, -0.1) is 0 Å². The lowest BCUT2D eigenvalue weighted by atomic mass is 10.0. The van der Waals surface area contributed by atoms with Crippen LogP contribution in [0, 0.1) is 5.92 Å². The van der Waals surface area contributed by atoms with E-state index < -0.39 is 0 Å². The summed E-state index contributed by atoms with van der Waals surface area (Å²) < 4.78 is 11.0. The fourth-order valence-electron chi connectivity index (χ4n) is 3.54. The molecule has 2 heterocycles. The van der Waals surface area contributed by atoms with Crippen molar-refractivity contribution >= 4 is 12.0 Å². The van der Waals surface area contributed by atoms with Crippen molar-refractivity contribution in [1.29, 1.82) is 0 Å². The Labute approximate surface area is 192 Å². The van der Waals surface area contributed by atoms with E-state index in [0.29, 0.717) is 32.1 Å². The lowest BCUT2D eigenvalue weighted by molar-refractivity contribution is 0.0376. The van der Waals surface area contributed by atoms with E-state index in [9.17, 15) is 9.59 Å². The van der Waals surface area contributed by atoms with E-state index >= 15 is 0 Å². The summed E-state index contributed by atoms with van der Waals surface area (Å²) in [7, 11) is 1.72. The molecule has 170 valence electrons. The van der Waals surface area contributed by atoms with Crippen molar-refractivity contribution in [2.45, 2.75) is 13.2 Å². The predicted octanol–water partition coefficient (Wildman–Crippen LogP) is 3.40. The van der Waals surface area contributed by atoms with Gasteiger partial charge in [-0.2, -0.15) is 0 Å². The van der Waals surface area contributed by atoms with E-state index in [1.807, 2.05) is 60.7 Å². The van der Waals surface area contributed by atoms with Crippen LogP contribution in [0.25, 0.3) is 0 Å². The Morgan fingerprint density at radius 3 is 2.18 bits per heavy atom. The lowest BCUT2D eigenvalue weighted by Crippen LogP contribution is -2.54. The van der Waals surface area contributed by atoms with Crippen LogP contribution in [0.1, 0.15) is 21.6 Å². The Morgan fingerprint density at radius 2 is 1.58 bits per heavy atom. The fourth-order valence-corrected chi connectivity index (χ4v) is 3.54. The van der Waals surface area contributed by atoms with Crippen LogP contribution in [0.15, 0.2) is 73.1 Å². The first-order valence-electron chi connectivity index (χ1n) is 10.8. The number of aromatic nitrogens is 2. The highest BCUT2D eigenvalue weighted by Gasteiger charge is 2.33. The minimum atomic E-state index is -0.332. The fraction of sp³-hybridized carbons (Fsp3) is 0.280. The zero-order valence-corrected chi connectivity index (χ0v) is 18.5. The number of nitrogens with zero attached hydrogens (tertiary/aromatic N) is 4. The van der Waals surface area contributed by atoms with E-state index in [1.165, 1.54) is 12.4 Å². The number of rotatable bonds is 8. The first kappa shape index (κ1) is 22.3. The molecule has 2 amide bonds. The van der Waals surface area contributed by atoms with Crippen molar-refractivity contribution in [3.63, 3.8) is 0 Å². The molecule has 0 N–H and O–H groups in total. The maximum atomic E-state index is 12.7. The number of hydrogen-bond acceptors (Lipinski definition) is 6. The highest BCUT2D eigenvalue weighted by Crippen LogP contribution is 2.19. The van der Waals surface area contributed by atoms with Crippen molar-refractivity contribution in [1.82, 2.24) is 19.8 Å². The molecule has 1 fully saturated rings. The van der Waals surface area contributed by atoms with Crippen molar-refractivity contribution in [3.8, 4) is 5.88 Å². The third-order valence-electron chi connectivity index (χ3n) is 5.38. The molecule has 0 radical (unpaired) electrons. The van der Waals surface area contributed by atoms with Gasteiger partial charge in [-0.1, -0.05) is 60.7 Å². The Hall–Kier alpha value is -3.94. The summed E-state index contributed by atoms with van der Waals surface area (Å²) in [6.45, 7) is 2.28. The number of carbonyl (C=O) groups is 2. The topological polar surface area (TPSA) is 84.9 Å². The van der Waals surface area contributed by atoms with Gasteiger partial charge < -0.3 is 19.3 Å². The van der Waals surface area contributed by atoms with Crippen molar-refractivity contribution in [2.24, 2.45) is 5.92 Å². The molecule has 8 nitrogen and oxygen atoms in total. The average molecular weight is 447 g/mol. The Morgan fingerprint density at radius 1 is 0.939 bits per heavy atom. The number of ether oxygens (including phenoxy) is 2. The standard InChI is InChI=1S/C25H26N4O4/c1-28(14-21-15-29(16-21)25(31)33-18-20-10-6-3-7-11-20)24(30)22-12-27-23(13-26-22)32-17-19-8-4-2-5-9-19/h2-13,21H,14-18H2,1H3. The van der Waals surface area contributed by atoms with Gasteiger partial charge >= 0.3 is 6.09 Å². The lowest BCUT2D eigenvalue weighted by Gasteiger charge is -2.39. The second kappa shape index (κ2) is 10.6. The van der Waals surface area contributed by atoms with E-state index in [4.69, 9.17) is 9.47 Å². The predicted molar refractivity (Wildman–Crippen MR) is 121 cm³/mol. The molecule has 2 aromatic carbocycles. The molecule has 0 atom stereocenters. The quantitative estimate of drug-likeness (QED) is 0.527. The Balaban J connectivity index is 1.18. The monoisotopic (exact) mass is 446 g/mol. The van der Waals surface area contributed by atoms with E-state index in [1.54, 1.807) is 16.8 Å². The average Bonchev–Trinajstić information content (AvgIpc) is 2.84. The van der Waals surface area contributed by atoms with Gasteiger partial charge in [0.1, 0.15) is 18.9 Å². The van der Waals surface area contributed by atoms with Crippen LogP contribution >= 0.6 is 0 Å². The number of amides is 2. The molecule has 1 aromatic heterocycles. The molecule has 0 spiro atoms. The van der Waals surface area contributed by atoms with Gasteiger partial charge in [0.2, 0.25) is 5.88 Å². The van der Waals surface area contributed by atoms with Crippen LogP contribution in [-0.4, -0.2) is 58.5 Å². The largest absolute Gasteiger partial charge is 0.472 e. The number of benzene rings is 2. The van der Waals surface area contributed by atoms with Gasteiger partial charge in [0, 0.05) is 32.6 Å². The van der Waals surface area contributed by atoms with Crippen LogP contribution in [0.4, 0.5) is 4.79 Å². The van der Waals surface area contributed by atoms with Crippen LogP contribution in [-0.2, 0) is 18.0 Å². The number of hydrogen-bond donors (Lipinski definition) is 0. The van der Waals surface area contributed by atoms with Crippen molar-refractivity contribution in [3.05, 3.63) is 89.9 Å². The summed E-state index contributed by atoms with van der Waals surface area (Å²) in [4.78, 5) is 36.4. The minimum Gasteiger partial charge on any atom is -0.472 e. The molecule has 0 bridgehead atoms. The van der Waals surface area contributed by atoms with Crippen LogP contribution in [0.2, 0.25) is 0 Å². The molecule has 8 heteroatoms. The van der Waals surface area contributed by atoms with Gasteiger partial charge in [-0.25, -0.2) is 14.8 Å². The Bertz CT molecular complexity index is 1050. The molecule has 0 unspecified atom stereocenters. The van der Waals surface area contributed by atoms with Crippen molar-refractivity contribution < 1.29 is 19.1 Å². The number of likely N-dealkylation sites (tertiary alicyclic amines) is 1. The molecular weight excluding hydrogens is 420 g/mol. The van der Waals surface area contributed by atoms with Gasteiger partial charge in [0.15, 0.2) is 0 Å². The normalized spacial score (nSPS) is 13.2. The Kier molecular flexibility index (Phi) is 7.14. The van der Waals surface area contributed by atoms with Crippen LogP contribution in [0.3, 0.4) is 0 Å². The molecule has 0 aliphatic carbocycles. The van der Waals surface area contributed by atoms with Gasteiger partial charge in [0.25, 0.3) is 5.91 Å². The zero-order chi connectivity index (χ0) is 23.0. The first-order chi connectivity index (χ1) is 16.1. The van der Waals surface area contributed by atoms with Crippen LogP contribution in [0.5, 0.6) is 5.88 Å². The van der Waals surface area contributed by atoms with E-state index in [2.05, 4.69) is 9.97 Å². The van der Waals surface area contributed by atoms with Crippen molar-refractivity contribution in [2.75, 3.05) is 26.7 Å². The maximum absolute atomic E-state index is 12.7. The van der Waals surface area contributed by atoms with Crippen LogP contribution < -0.4 is 4.74 Å². The zero-order valence-electron chi connectivity index (χ0n) is 18.5. The molecule has 4 rings (SSSR count). The third-order valence-corrected chi connectivity index (χ3v) is 5.38. The van der Waals surface area contributed by atoms with E-state index in [-0.39, 0.29) is 30.2 Å². The summed E-state index contributed by atoms with van der Waals surface area (Å²) >= 11 is 0. The molecule has 33 heavy (non-hydrogen) atoms. The second-order valence-electron chi connectivity index (χ2n) is 8.01. The minimum absolute atomic E-state index is 0.199. The van der Waals surface area contributed by atoms with Gasteiger partial charge in [-0.3, -0.25) is 4.79 Å². The second-order valence-corrected chi connectivity index (χ2v) is 8.01. The first-order valence-corrected chi connectivity index (χ1v) is 10.8. The highest BCUT2D eigenvalue weighted by molar-refractivity contribution is 5.91. The summed E-state index contributed by atoms with van der Waals surface area (Å²) in [5.41, 5.74) is 2.23. The molecule has 1 aliphatic rings. The van der Waals surface area contributed by atoms with Gasteiger partial charge in [-0.05, 0) is 11.1 Å². The molecular formula is C25H26N4O4. The smallest absolute Gasteiger partial charge is 0.410 e. The maximum Gasteiger partial charge on any atom is 0.410 e. The van der Waals surface area contributed by atoms with E-state index in [0.717, 1.165) is 11.1 Å². The summed E-state index contributed by atoms with van der Waals surface area (Å²) in [5.74, 6) is 0.341. The molecule has 3 aromatic rings. The summed E-state index contributed by atoms with van der Waals surface area (Å²) in [5, 5.41) is 0. The highest BCUT2D eigenvalue weighted by atomic mass is 16.6. The summed E-state index contributed by atoms with van der Waals surface area (Å²) in [6, 6.07) is 19.3. The molecule has 1 aliphatic heterocycles. The molecule has 1 saturated heterocycles. The number of carbonyl (C=O) groups excluding carboxylic acids is 2. The van der Waals surface area contributed by atoms with Gasteiger partial charge in [0.05, 0.1) is 12.4 Å². The molecule has 0 saturated carbocycles. The SMILES string of the molecule is CN(CC1CN(C(=O)OCc2ccccc2)C1)C(=O)c1cnc(OCc2ccccc2)cn1. The summed E-state index contributed by atoms with van der Waals surface area (Å²) in [6.07, 6.45) is 2.55. The third kappa shape index (κ3) is 6.06.